The number of nitrogens with one attached hydrogen (secondary N) is 1. The number of fused-ring (bicyclic) bond motifs is 4. The highest BCUT2D eigenvalue weighted by atomic mass is 16.3. The van der Waals surface area contributed by atoms with E-state index in [-0.39, 0.29) is 13.2 Å². The van der Waals surface area contributed by atoms with Crippen LogP contribution in [-0.4, -0.2) is 88.6 Å². The van der Waals surface area contributed by atoms with Crippen molar-refractivity contribution in [1.29, 1.82) is 0 Å². The Kier molecular flexibility index (Phi) is 11.3. The summed E-state index contributed by atoms with van der Waals surface area (Å²) in [6, 6.07) is 33.1. The number of rotatable bonds is 8. The van der Waals surface area contributed by atoms with Crippen LogP contribution in [0.5, 0.6) is 0 Å². The first-order chi connectivity index (χ1) is 32.6. The fourth-order valence-corrected chi connectivity index (χ4v) is 9.29. The number of benzene rings is 4. The largest absolute Gasteiger partial charge is 0.392 e. The molecule has 13 nitrogen and oxygen atoms in total. The fourth-order valence-electron chi connectivity index (χ4n) is 9.29. The molecule has 8 heterocycles. The average molecular weight is 872 g/mol. The summed E-state index contributed by atoms with van der Waals surface area (Å²) in [6.07, 6.45) is 19.1. The summed E-state index contributed by atoms with van der Waals surface area (Å²) in [7, 11) is 0. The van der Waals surface area contributed by atoms with Gasteiger partial charge < -0.3 is 25.3 Å². The molecule has 2 fully saturated rings. The molecule has 0 saturated carbocycles. The van der Waals surface area contributed by atoms with E-state index in [1.807, 2.05) is 94.7 Å². The van der Waals surface area contributed by atoms with E-state index >= 15 is 0 Å². The average Bonchev–Trinajstić information content (AvgIpc) is 4.03. The van der Waals surface area contributed by atoms with E-state index in [0.717, 1.165) is 128 Å². The number of piperidine rings is 1. The van der Waals surface area contributed by atoms with Crippen LogP contribution in [0.15, 0.2) is 147 Å². The molecule has 0 radical (unpaired) electrons. The number of piperazine rings is 1. The van der Waals surface area contributed by atoms with Crippen molar-refractivity contribution in [2.24, 2.45) is 0 Å². The van der Waals surface area contributed by atoms with E-state index in [0.29, 0.717) is 0 Å². The predicted molar refractivity (Wildman–Crippen MR) is 261 cm³/mol. The Morgan fingerprint density at radius 1 is 0.455 bits per heavy atom. The standard InChI is InChI=1S/C27H25N5O.C26H24N6O/c33-18-19-4-9-24-23(10-11-28-26(24)14-19)25-16-30-32-17-21(15-29-27(25)32)20-5-7-22(8-6-20)31-12-2-1-3-13-31;33-17-18-1-6-23-22(7-8-28-25(23)13-18)24-15-30-32-16-20(14-29-26(24)32)19-2-4-21(5-3-19)31-11-9-27-10-12-31/h4-11,14-17,33H,1-3,12-13,18H2;1-8,13-16,27,33H,9-12,17H2. The van der Waals surface area contributed by atoms with Crippen molar-refractivity contribution >= 4 is 44.5 Å². The van der Waals surface area contributed by atoms with E-state index in [9.17, 15) is 10.2 Å². The van der Waals surface area contributed by atoms with Crippen molar-refractivity contribution in [2.75, 3.05) is 49.1 Å². The van der Waals surface area contributed by atoms with E-state index in [1.54, 1.807) is 12.4 Å². The molecule has 2 saturated heterocycles. The Hall–Kier alpha value is -7.58. The maximum Gasteiger partial charge on any atom is 0.162 e. The first-order valence-electron chi connectivity index (χ1n) is 22.7. The van der Waals surface area contributed by atoms with Crippen LogP contribution in [0.25, 0.3) is 77.6 Å². The number of aliphatic hydroxyl groups excluding tert-OH is 2. The maximum absolute atomic E-state index is 9.44. The quantitative estimate of drug-likeness (QED) is 0.135. The fraction of sp³-hybridized carbons (Fsp3) is 0.208. The normalized spacial score (nSPS) is 14.3. The third-order valence-electron chi connectivity index (χ3n) is 12.9. The van der Waals surface area contributed by atoms with Gasteiger partial charge in [0.1, 0.15) is 0 Å². The third-order valence-corrected chi connectivity index (χ3v) is 12.9. The predicted octanol–water partition coefficient (Wildman–Crippen LogP) is 8.61. The zero-order valence-corrected chi connectivity index (χ0v) is 36.5. The zero-order valence-electron chi connectivity index (χ0n) is 36.5. The van der Waals surface area contributed by atoms with Crippen LogP contribution in [0, 0.1) is 0 Å². The molecule has 13 heteroatoms. The van der Waals surface area contributed by atoms with Gasteiger partial charge in [-0.05, 0) is 101 Å². The minimum Gasteiger partial charge on any atom is -0.392 e. The van der Waals surface area contributed by atoms with Crippen molar-refractivity contribution in [2.45, 2.75) is 32.5 Å². The van der Waals surface area contributed by atoms with Gasteiger partial charge in [-0.15, -0.1) is 0 Å². The van der Waals surface area contributed by atoms with Gasteiger partial charge in [0.05, 0.1) is 36.6 Å². The molecule has 0 spiro atoms. The van der Waals surface area contributed by atoms with Gasteiger partial charge in [-0.3, -0.25) is 9.97 Å². The molecule has 4 aromatic carbocycles. The summed E-state index contributed by atoms with van der Waals surface area (Å²) >= 11 is 0. The van der Waals surface area contributed by atoms with E-state index in [4.69, 9.17) is 9.97 Å². The highest BCUT2D eigenvalue weighted by Crippen LogP contribution is 2.34. The smallest absolute Gasteiger partial charge is 0.162 e. The summed E-state index contributed by atoms with van der Waals surface area (Å²) in [5, 5.41) is 33.5. The van der Waals surface area contributed by atoms with Crippen molar-refractivity contribution in [3.05, 3.63) is 158 Å². The van der Waals surface area contributed by atoms with Crippen LogP contribution in [0.1, 0.15) is 30.4 Å². The SMILES string of the molecule is OCc1ccc2c(-c3cnn4cc(-c5ccc(N6CCCCC6)cc5)cnc34)ccnc2c1.OCc1ccc2c(-c3cnn4cc(-c5ccc(N6CCNCC6)cc5)cnc34)ccnc2c1. The molecule has 2 aliphatic rings. The van der Waals surface area contributed by atoms with Crippen LogP contribution in [0.2, 0.25) is 0 Å². The summed E-state index contributed by atoms with van der Waals surface area (Å²) in [5.41, 5.74) is 15.8. The molecule has 0 unspecified atom stereocenters. The van der Waals surface area contributed by atoms with Gasteiger partial charge in [-0.1, -0.05) is 48.5 Å². The second kappa shape index (κ2) is 18.1. The number of hydrogen-bond donors (Lipinski definition) is 3. The Balaban J connectivity index is 0.000000146. The lowest BCUT2D eigenvalue weighted by atomic mass is 10.0. The van der Waals surface area contributed by atoms with E-state index in [2.05, 4.69) is 83.8 Å². The molecule has 66 heavy (non-hydrogen) atoms. The Morgan fingerprint density at radius 3 is 1.39 bits per heavy atom. The highest BCUT2D eigenvalue weighted by Gasteiger charge is 2.17. The van der Waals surface area contributed by atoms with Gasteiger partial charge in [-0.25, -0.2) is 19.0 Å². The van der Waals surface area contributed by atoms with Crippen LogP contribution in [0.4, 0.5) is 11.4 Å². The summed E-state index contributed by atoms with van der Waals surface area (Å²) in [6.45, 7) is 6.42. The number of nitrogens with zero attached hydrogens (tertiary/aromatic N) is 10. The Morgan fingerprint density at radius 2 is 0.924 bits per heavy atom. The third kappa shape index (κ3) is 8.08. The van der Waals surface area contributed by atoms with Crippen molar-refractivity contribution in [3.63, 3.8) is 0 Å². The zero-order chi connectivity index (χ0) is 44.4. The molecule has 0 aliphatic carbocycles. The second-order valence-corrected chi connectivity index (χ2v) is 17.0. The number of anilines is 2. The lowest BCUT2D eigenvalue weighted by Gasteiger charge is -2.29. The molecular formula is C53H49N11O2. The molecule has 3 N–H and O–H groups in total. The van der Waals surface area contributed by atoms with Gasteiger partial charge in [-0.2, -0.15) is 10.2 Å². The summed E-state index contributed by atoms with van der Waals surface area (Å²) < 4.78 is 3.68. The van der Waals surface area contributed by atoms with Crippen molar-refractivity contribution in [3.8, 4) is 44.5 Å². The maximum atomic E-state index is 9.44. The van der Waals surface area contributed by atoms with E-state index < -0.39 is 0 Å². The number of aliphatic hydroxyl groups is 2. The Bertz CT molecular complexity index is 3090. The Labute approximate surface area is 381 Å². The molecule has 12 rings (SSSR count). The second-order valence-electron chi connectivity index (χ2n) is 17.0. The van der Waals surface area contributed by atoms with Crippen molar-refractivity contribution < 1.29 is 10.2 Å². The van der Waals surface area contributed by atoms with Gasteiger partial charge in [0, 0.05) is 121 Å². The van der Waals surface area contributed by atoms with E-state index in [1.165, 1.54) is 30.6 Å². The highest BCUT2D eigenvalue weighted by molar-refractivity contribution is 5.99. The molecule has 0 amide bonds. The van der Waals surface area contributed by atoms with Crippen molar-refractivity contribution in [1.82, 2.24) is 44.5 Å². The first kappa shape index (κ1) is 41.1. The van der Waals surface area contributed by atoms with Gasteiger partial charge in [0.15, 0.2) is 11.3 Å². The van der Waals surface area contributed by atoms with Crippen LogP contribution in [0.3, 0.4) is 0 Å². The van der Waals surface area contributed by atoms with Gasteiger partial charge in [0.25, 0.3) is 0 Å². The molecule has 2 aliphatic heterocycles. The molecule has 328 valence electrons. The van der Waals surface area contributed by atoms with Crippen LogP contribution >= 0.6 is 0 Å². The number of aromatic nitrogens is 8. The lowest BCUT2D eigenvalue weighted by molar-refractivity contribution is 0.282. The van der Waals surface area contributed by atoms with Gasteiger partial charge >= 0.3 is 0 Å². The number of hydrogen-bond acceptors (Lipinski definition) is 11. The monoisotopic (exact) mass is 871 g/mol. The first-order valence-corrected chi connectivity index (χ1v) is 22.7. The number of pyridine rings is 2. The lowest BCUT2D eigenvalue weighted by Crippen LogP contribution is -2.43. The van der Waals surface area contributed by atoms with Crippen LogP contribution < -0.4 is 15.1 Å². The summed E-state index contributed by atoms with van der Waals surface area (Å²) in [4.78, 5) is 23.4. The minimum absolute atomic E-state index is 0.000880. The molecular weight excluding hydrogens is 823 g/mol. The molecule has 0 atom stereocenters. The topological polar surface area (TPSA) is 145 Å². The minimum atomic E-state index is -0.000880. The summed E-state index contributed by atoms with van der Waals surface area (Å²) in [5.74, 6) is 0. The molecule has 0 bridgehead atoms. The van der Waals surface area contributed by atoms with Gasteiger partial charge in [0.2, 0.25) is 0 Å². The molecule has 6 aromatic heterocycles. The van der Waals surface area contributed by atoms with Crippen LogP contribution in [-0.2, 0) is 13.2 Å². The molecule has 10 aromatic rings.